The first-order chi connectivity index (χ1) is 9.73. The monoisotopic (exact) mass is 312 g/mol. The number of hydrogen-bond donors (Lipinski definition) is 2. The Morgan fingerprint density at radius 2 is 1.95 bits per heavy atom. The van der Waals surface area contributed by atoms with Crippen LogP contribution >= 0.6 is 0 Å². The number of carbonyl (C=O) groups is 2. The van der Waals surface area contributed by atoms with Crippen LogP contribution in [0.3, 0.4) is 0 Å². The van der Waals surface area contributed by atoms with Gasteiger partial charge in [0, 0.05) is 19.8 Å². The maximum absolute atomic E-state index is 12.0. The van der Waals surface area contributed by atoms with Gasteiger partial charge in [-0.25, -0.2) is 12.7 Å². The summed E-state index contributed by atoms with van der Waals surface area (Å²) in [4.78, 5) is 22.6. The van der Waals surface area contributed by atoms with Crippen LogP contribution in [-0.4, -0.2) is 43.8 Å². The predicted octanol–water partition coefficient (Wildman–Crippen LogP) is 0.596. The largest absolute Gasteiger partial charge is 0.481 e. The zero-order valence-corrected chi connectivity index (χ0v) is 12.4. The van der Waals surface area contributed by atoms with Crippen LogP contribution in [0.25, 0.3) is 0 Å². The van der Waals surface area contributed by atoms with Gasteiger partial charge in [0.25, 0.3) is 0 Å². The highest BCUT2D eigenvalue weighted by Crippen LogP contribution is 2.39. The smallest absolute Gasteiger partial charge is 0.307 e. The van der Waals surface area contributed by atoms with E-state index in [1.165, 1.54) is 32.3 Å². The molecule has 1 fully saturated rings. The van der Waals surface area contributed by atoms with E-state index in [0.717, 1.165) is 4.31 Å². The second-order valence-electron chi connectivity index (χ2n) is 5.09. The lowest BCUT2D eigenvalue weighted by molar-refractivity contribution is -0.139. The highest BCUT2D eigenvalue weighted by atomic mass is 32.2. The van der Waals surface area contributed by atoms with Crippen LogP contribution in [-0.2, 0) is 19.6 Å². The van der Waals surface area contributed by atoms with E-state index in [1.54, 1.807) is 6.07 Å². The Labute approximate surface area is 122 Å². The van der Waals surface area contributed by atoms with E-state index >= 15 is 0 Å². The van der Waals surface area contributed by atoms with E-state index in [2.05, 4.69) is 5.32 Å². The molecule has 8 heteroatoms. The maximum atomic E-state index is 12.0. The lowest BCUT2D eigenvalue weighted by Crippen LogP contribution is -2.22. The number of nitrogens with zero attached hydrogens (tertiary/aromatic N) is 1. The molecule has 114 valence electrons. The van der Waals surface area contributed by atoms with Gasteiger partial charge < -0.3 is 10.4 Å². The van der Waals surface area contributed by atoms with Crippen molar-refractivity contribution in [1.29, 1.82) is 0 Å². The minimum absolute atomic E-state index is 0.0656. The summed E-state index contributed by atoms with van der Waals surface area (Å²) in [6.45, 7) is 0. The summed E-state index contributed by atoms with van der Waals surface area (Å²) in [6, 6.07) is 5.87. The standard InChI is InChI=1S/C13H16N2O5S/c1-15(2)21(19,20)9-5-3-4-8(6-9)14-12(16)10-7-11(10)13(17)18/h3-6,10-11H,7H2,1-2H3,(H,14,16)(H,17,18). The summed E-state index contributed by atoms with van der Waals surface area (Å²) in [5.74, 6) is -2.57. The molecule has 1 aliphatic carbocycles. The highest BCUT2D eigenvalue weighted by Gasteiger charge is 2.48. The van der Waals surface area contributed by atoms with Crippen molar-refractivity contribution >= 4 is 27.6 Å². The summed E-state index contributed by atoms with van der Waals surface area (Å²) in [7, 11) is -0.738. The van der Waals surface area contributed by atoms with Crippen LogP contribution in [0.4, 0.5) is 5.69 Å². The summed E-state index contributed by atoms with van der Waals surface area (Å²) in [5, 5.41) is 11.3. The third-order valence-electron chi connectivity index (χ3n) is 3.32. The van der Waals surface area contributed by atoms with Crippen molar-refractivity contribution in [2.45, 2.75) is 11.3 Å². The van der Waals surface area contributed by atoms with Gasteiger partial charge in [-0.2, -0.15) is 0 Å². The Kier molecular flexibility index (Phi) is 4.02. The molecule has 1 aromatic rings. The Balaban J connectivity index is 2.13. The average molecular weight is 312 g/mol. The maximum Gasteiger partial charge on any atom is 0.307 e. The molecule has 0 aromatic heterocycles. The number of carboxylic acids is 1. The van der Waals surface area contributed by atoms with Crippen LogP contribution in [0.15, 0.2) is 29.2 Å². The first kappa shape index (κ1) is 15.5. The van der Waals surface area contributed by atoms with Crippen LogP contribution in [0.1, 0.15) is 6.42 Å². The fourth-order valence-corrected chi connectivity index (χ4v) is 2.89. The number of anilines is 1. The minimum atomic E-state index is -3.58. The lowest BCUT2D eigenvalue weighted by atomic mass is 10.2. The van der Waals surface area contributed by atoms with Gasteiger partial charge in [-0.3, -0.25) is 9.59 Å². The third-order valence-corrected chi connectivity index (χ3v) is 5.14. The van der Waals surface area contributed by atoms with E-state index in [-0.39, 0.29) is 4.90 Å². The number of hydrogen-bond acceptors (Lipinski definition) is 4. The van der Waals surface area contributed by atoms with Crippen molar-refractivity contribution in [3.8, 4) is 0 Å². The van der Waals surface area contributed by atoms with E-state index in [4.69, 9.17) is 5.11 Å². The molecule has 1 aromatic carbocycles. The van der Waals surface area contributed by atoms with Gasteiger partial charge in [0.05, 0.1) is 16.7 Å². The molecule has 2 atom stereocenters. The number of carboxylic acid groups (broad SMARTS) is 1. The number of rotatable bonds is 5. The van der Waals surface area contributed by atoms with Crippen molar-refractivity contribution in [2.24, 2.45) is 11.8 Å². The normalized spacial score (nSPS) is 21.1. The Hall–Kier alpha value is -1.93. The first-order valence-corrected chi connectivity index (χ1v) is 7.73. The molecular formula is C13H16N2O5S. The van der Waals surface area contributed by atoms with Crippen molar-refractivity contribution in [3.05, 3.63) is 24.3 Å². The fraction of sp³-hybridized carbons (Fsp3) is 0.385. The molecule has 1 saturated carbocycles. The predicted molar refractivity (Wildman–Crippen MR) is 75.2 cm³/mol. The van der Waals surface area contributed by atoms with Crippen molar-refractivity contribution in [2.75, 3.05) is 19.4 Å². The van der Waals surface area contributed by atoms with E-state index in [1.807, 2.05) is 0 Å². The molecule has 2 unspecified atom stereocenters. The lowest BCUT2D eigenvalue weighted by Gasteiger charge is -2.12. The van der Waals surface area contributed by atoms with Crippen LogP contribution in [0.5, 0.6) is 0 Å². The van der Waals surface area contributed by atoms with Gasteiger partial charge in [0.1, 0.15) is 0 Å². The molecule has 0 bridgehead atoms. The highest BCUT2D eigenvalue weighted by molar-refractivity contribution is 7.89. The molecule has 2 N–H and O–H groups in total. The molecular weight excluding hydrogens is 296 g/mol. The molecule has 0 radical (unpaired) electrons. The Morgan fingerprint density at radius 3 is 2.48 bits per heavy atom. The number of amides is 1. The Bertz CT molecular complexity index is 684. The summed E-state index contributed by atoms with van der Waals surface area (Å²) < 4.78 is 25.1. The topological polar surface area (TPSA) is 104 Å². The quantitative estimate of drug-likeness (QED) is 0.828. The summed E-state index contributed by atoms with van der Waals surface area (Å²) >= 11 is 0. The van der Waals surface area contributed by atoms with Gasteiger partial charge in [0.2, 0.25) is 15.9 Å². The van der Waals surface area contributed by atoms with Gasteiger partial charge in [-0.15, -0.1) is 0 Å². The van der Waals surface area contributed by atoms with Crippen LogP contribution < -0.4 is 5.32 Å². The van der Waals surface area contributed by atoms with E-state index in [9.17, 15) is 18.0 Å². The van der Waals surface area contributed by atoms with Crippen LogP contribution in [0.2, 0.25) is 0 Å². The molecule has 2 rings (SSSR count). The third kappa shape index (κ3) is 3.22. The van der Waals surface area contributed by atoms with E-state index < -0.39 is 33.7 Å². The second kappa shape index (κ2) is 5.45. The molecule has 0 saturated heterocycles. The van der Waals surface area contributed by atoms with Gasteiger partial charge in [-0.1, -0.05) is 6.07 Å². The minimum Gasteiger partial charge on any atom is -0.481 e. The Morgan fingerprint density at radius 1 is 1.29 bits per heavy atom. The zero-order valence-electron chi connectivity index (χ0n) is 11.6. The molecule has 1 aliphatic rings. The molecule has 7 nitrogen and oxygen atoms in total. The first-order valence-electron chi connectivity index (χ1n) is 6.29. The van der Waals surface area contributed by atoms with Gasteiger partial charge >= 0.3 is 5.97 Å². The van der Waals surface area contributed by atoms with Gasteiger partial charge in [-0.05, 0) is 24.6 Å². The molecule has 0 heterocycles. The number of sulfonamides is 1. The van der Waals surface area contributed by atoms with Crippen LogP contribution in [0, 0.1) is 11.8 Å². The van der Waals surface area contributed by atoms with Gasteiger partial charge in [0.15, 0.2) is 0 Å². The van der Waals surface area contributed by atoms with Crippen molar-refractivity contribution in [1.82, 2.24) is 4.31 Å². The molecule has 0 aliphatic heterocycles. The zero-order chi connectivity index (χ0) is 15.8. The average Bonchev–Trinajstić information content (AvgIpc) is 3.19. The summed E-state index contributed by atoms with van der Waals surface area (Å²) in [6.07, 6.45) is 0.316. The molecule has 1 amide bonds. The van der Waals surface area contributed by atoms with Crippen molar-refractivity contribution in [3.63, 3.8) is 0 Å². The molecule has 21 heavy (non-hydrogen) atoms. The number of nitrogens with one attached hydrogen (secondary N) is 1. The fourth-order valence-electron chi connectivity index (χ4n) is 1.94. The second-order valence-corrected chi connectivity index (χ2v) is 7.24. The SMILES string of the molecule is CN(C)S(=O)(=O)c1cccc(NC(=O)C2CC2C(=O)O)c1. The number of aliphatic carboxylic acids is 1. The molecule has 0 spiro atoms. The summed E-state index contributed by atoms with van der Waals surface area (Å²) in [5.41, 5.74) is 0.332. The van der Waals surface area contributed by atoms with E-state index in [0.29, 0.717) is 12.1 Å². The number of benzene rings is 1. The van der Waals surface area contributed by atoms with Crippen molar-refractivity contribution < 1.29 is 23.1 Å². The number of carbonyl (C=O) groups excluding carboxylic acids is 1.